The van der Waals surface area contributed by atoms with Crippen LogP contribution in [0.4, 0.5) is 5.82 Å². The van der Waals surface area contributed by atoms with E-state index in [2.05, 4.69) is 28.0 Å². The Morgan fingerprint density at radius 2 is 1.93 bits per heavy atom. The molecule has 3 aromatic heterocycles. The van der Waals surface area contributed by atoms with Gasteiger partial charge in [0.05, 0.1) is 16.7 Å². The molecule has 2 saturated heterocycles. The minimum absolute atomic E-state index is 0.306. The lowest BCUT2D eigenvalue weighted by molar-refractivity contribution is 0.412. The predicted octanol–water partition coefficient (Wildman–Crippen LogP) is 3.93. The Hall–Kier alpha value is -2.64. The highest BCUT2D eigenvalue weighted by molar-refractivity contribution is 6.38. The molecule has 1 aromatic carbocycles. The highest BCUT2D eigenvalue weighted by Gasteiger charge is 2.40. The zero-order valence-electron chi connectivity index (χ0n) is 17.1. The van der Waals surface area contributed by atoms with E-state index in [0.29, 0.717) is 23.1 Å². The zero-order valence-corrected chi connectivity index (χ0v) is 17.8. The van der Waals surface area contributed by atoms with Gasteiger partial charge in [0.1, 0.15) is 11.3 Å². The first kappa shape index (κ1) is 18.2. The van der Waals surface area contributed by atoms with E-state index in [1.165, 1.54) is 12.8 Å². The highest BCUT2D eigenvalue weighted by Crippen LogP contribution is 2.40. The van der Waals surface area contributed by atoms with Crippen molar-refractivity contribution in [1.29, 1.82) is 0 Å². The van der Waals surface area contributed by atoms with Crippen molar-refractivity contribution < 1.29 is 0 Å². The number of nitrogens with two attached hydrogens (primary N) is 1. The number of aryl methyl sites for hydroxylation is 2. The van der Waals surface area contributed by atoms with Gasteiger partial charge in [0.25, 0.3) is 0 Å². The maximum atomic E-state index is 6.80. The van der Waals surface area contributed by atoms with Gasteiger partial charge in [0.2, 0.25) is 0 Å². The second kappa shape index (κ2) is 6.43. The van der Waals surface area contributed by atoms with Crippen molar-refractivity contribution in [3.63, 3.8) is 0 Å². The van der Waals surface area contributed by atoms with Crippen LogP contribution in [0, 0.1) is 6.92 Å². The summed E-state index contributed by atoms with van der Waals surface area (Å²) in [5.74, 6) is 0.945. The van der Waals surface area contributed by atoms with Crippen molar-refractivity contribution in [1.82, 2.24) is 24.7 Å². The standard InChI is InChI=1S/C22H24ClN7/c1-11-5-15(19(23)17-10-29(2)28-20(11)17)16-8-26-22-21(16)25-9-18(27-22)30-13-3-4-14(30)7-12(24)6-13/h5,8-10,12-14H,3-4,6-7,24H2,1-2H3,(H,26,27)/t12-,13+,14-. The first-order valence-corrected chi connectivity index (χ1v) is 10.9. The SMILES string of the molecule is Cc1cc(-c2c[nH]c3nc(N4[C@@H]5CC[C@H]4C[C@@H](N)C5)cnc23)c(Cl)c2cn(C)nc12. The van der Waals surface area contributed by atoms with Gasteiger partial charge in [0, 0.05) is 54.1 Å². The van der Waals surface area contributed by atoms with Gasteiger partial charge in [0.15, 0.2) is 5.65 Å². The summed E-state index contributed by atoms with van der Waals surface area (Å²) in [5.41, 5.74) is 11.8. The summed E-state index contributed by atoms with van der Waals surface area (Å²) in [5, 5.41) is 6.18. The third-order valence-electron chi connectivity index (χ3n) is 6.73. The van der Waals surface area contributed by atoms with E-state index >= 15 is 0 Å². The van der Waals surface area contributed by atoms with Crippen LogP contribution in [0.2, 0.25) is 5.02 Å². The van der Waals surface area contributed by atoms with Gasteiger partial charge in [-0.05, 0) is 44.2 Å². The van der Waals surface area contributed by atoms with Gasteiger partial charge in [-0.25, -0.2) is 9.97 Å². The van der Waals surface area contributed by atoms with Crippen LogP contribution in [0.25, 0.3) is 33.2 Å². The summed E-state index contributed by atoms with van der Waals surface area (Å²) in [7, 11) is 1.91. The van der Waals surface area contributed by atoms with Gasteiger partial charge in [-0.3, -0.25) is 4.68 Å². The molecule has 2 bridgehead atoms. The number of nitrogens with one attached hydrogen (secondary N) is 1. The molecule has 3 N–H and O–H groups in total. The number of rotatable bonds is 2. The summed E-state index contributed by atoms with van der Waals surface area (Å²) in [6, 6.07) is 3.35. The van der Waals surface area contributed by atoms with E-state index in [1.54, 1.807) is 4.68 Å². The average molecular weight is 422 g/mol. The number of piperidine rings is 1. The molecule has 5 heterocycles. The van der Waals surface area contributed by atoms with Crippen LogP contribution < -0.4 is 10.6 Å². The minimum Gasteiger partial charge on any atom is -0.349 e. The number of nitrogens with zero attached hydrogens (tertiary/aromatic N) is 5. The van der Waals surface area contributed by atoms with Gasteiger partial charge >= 0.3 is 0 Å². The van der Waals surface area contributed by atoms with Crippen LogP contribution in [0.5, 0.6) is 0 Å². The monoisotopic (exact) mass is 421 g/mol. The molecule has 30 heavy (non-hydrogen) atoms. The summed E-state index contributed by atoms with van der Waals surface area (Å²) in [6.45, 7) is 2.06. The van der Waals surface area contributed by atoms with Crippen LogP contribution in [0.15, 0.2) is 24.7 Å². The number of hydrogen-bond acceptors (Lipinski definition) is 5. The largest absolute Gasteiger partial charge is 0.349 e. The van der Waals surface area contributed by atoms with Gasteiger partial charge in [-0.2, -0.15) is 5.10 Å². The third kappa shape index (κ3) is 2.58. The number of fused-ring (bicyclic) bond motifs is 4. The van der Waals surface area contributed by atoms with Crippen molar-refractivity contribution in [2.45, 2.75) is 50.7 Å². The predicted molar refractivity (Wildman–Crippen MR) is 120 cm³/mol. The van der Waals surface area contributed by atoms with E-state index in [4.69, 9.17) is 27.3 Å². The number of benzene rings is 1. The lowest BCUT2D eigenvalue weighted by Gasteiger charge is -2.38. The fourth-order valence-electron chi connectivity index (χ4n) is 5.44. The normalized spacial score (nSPS) is 23.7. The highest BCUT2D eigenvalue weighted by atomic mass is 35.5. The minimum atomic E-state index is 0.306. The van der Waals surface area contributed by atoms with Crippen LogP contribution >= 0.6 is 11.6 Å². The molecule has 0 saturated carbocycles. The van der Waals surface area contributed by atoms with Crippen LogP contribution in [-0.4, -0.2) is 42.9 Å². The second-order valence-electron chi connectivity index (χ2n) is 8.77. The number of aromatic nitrogens is 5. The molecule has 2 aliphatic rings. The van der Waals surface area contributed by atoms with Crippen LogP contribution in [0.1, 0.15) is 31.2 Å². The number of aromatic amines is 1. The molecule has 0 unspecified atom stereocenters. The maximum absolute atomic E-state index is 6.80. The summed E-state index contributed by atoms with van der Waals surface area (Å²) in [6.07, 6.45) is 10.3. The zero-order chi connectivity index (χ0) is 20.6. The van der Waals surface area contributed by atoms with Crippen molar-refractivity contribution >= 4 is 39.5 Å². The first-order chi connectivity index (χ1) is 14.5. The lowest BCUT2D eigenvalue weighted by atomic mass is 9.98. The van der Waals surface area contributed by atoms with Crippen molar-refractivity contribution in [3.8, 4) is 11.1 Å². The Morgan fingerprint density at radius 1 is 1.17 bits per heavy atom. The molecule has 0 aliphatic carbocycles. The summed E-state index contributed by atoms with van der Waals surface area (Å²) >= 11 is 6.80. The van der Waals surface area contributed by atoms with Crippen molar-refractivity contribution in [2.24, 2.45) is 12.8 Å². The lowest BCUT2D eigenvalue weighted by Crippen LogP contribution is -2.47. The molecule has 8 heteroatoms. The third-order valence-corrected chi connectivity index (χ3v) is 7.14. The van der Waals surface area contributed by atoms with Crippen LogP contribution in [0.3, 0.4) is 0 Å². The summed E-state index contributed by atoms with van der Waals surface area (Å²) in [4.78, 5) is 15.5. The molecule has 0 amide bonds. The number of hydrogen-bond donors (Lipinski definition) is 2. The fourth-order valence-corrected chi connectivity index (χ4v) is 5.73. The Morgan fingerprint density at radius 3 is 2.70 bits per heavy atom. The second-order valence-corrected chi connectivity index (χ2v) is 9.15. The molecule has 0 radical (unpaired) electrons. The molecular weight excluding hydrogens is 398 g/mol. The van der Waals surface area contributed by atoms with E-state index in [1.807, 2.05) is 25.6 Å². The van der Waals surface area contributed by atoms with Gasteiger partial charge in [-0.1, -0.05) is 11.6 Å². The average Bonchev–Trinajstić information content (AvgIpc) is 3.38. The van der Waals surface area contributed by atoms with Crippen molar-refractivity contribution in [3.05, 3.63) is 35.2 Å². The molecule has 2 aliphatic heterocycles. The quantitative estimate of drug-likeness (QED) is 0.512. The maximum Gasteiger partial charge on any atom is 0.159 e. The topological polar surface area (TPSA) is 88.6 Å². The molecule has 7 nitrogen and oxygen atoms in total. The number of halogens is 1. The Balaban J connectivity index is 1.44. The Kier molecular flexibility index (Phi) is 3.89. The Labute approximate surface area is 179 Å². The first-order valence-electron chi connectivity index (χ1n) is 10.5. The van der Waals surface area contributed by atoms with E-state index in [-0.39, 0.29) is 0 Å². The van der Waals surface area contributed by atoms with E-state index in [9.17, 15) is 0 Å². The molecule has 0 spiro atoms. The molecule has 4 aromatic rings. The van der Waals surface area contributed by atoms with Crippen LogP contribution in [-0.2, 0) is 7.05 Å². The molecule has 2 fully saturated rings. The Bertz CT molecular complexity index is 1280. The van der Waals surface area contributed by atoms with Gasteiger partial charge in [-0.15, -0.1) is 0 Å². The number of anilines is 1. The molecular formula is C22H24ClN7. The molecule has 3 atom stereocenters. The fraction of sp³-hybridized carbons (Fsp3) is 0.409. The molecule has 154 valence electrons. The molecule has 6 rings (SSSR count). The number of H-pyrrole nitrogens is 1. The smallest absolute Gasteiger partial charge is 0.159 e. The van der Waals surface area contributed by atoms with E-state index in [0.717, 1.165) is 57.4 Å². The van der Waals surface area contributed by atoms with Crippen molar-refractivity contribution in [2.75, 3.05) is 4.90 Å². The summed E-state index contributed by atoms with van der Waals surface area (Å²) < 4.78 is 1.80. The van der Waals surface area contributed by atoms with Gasteiger partial charge < -0.3 is 15.6 Å². The van der Waals surface area contributed by atoms with E-state index < -0.39 is 0 Å².